The van der Waals surface area contributed by atoms with E-state index in [0.717, 1.165) is 12.4 Å². The molecular weight excluding hydrogens is 243 g/mol. The fraction of sp³-hybridized carbons (Fsp3) is 0.182. The number of hydrogen-bond donors (Lipinski definition) is 1. The summed E-state index contributed by atoms with van der Waals surface area (Å²) < 4.78 is 28.3. The maximum atomic E-state index is 14.2. The normalized spacial score (nSPS) is 11.1. The fourth-order valence-corrected chi connectivity index (χ4v) is 2.73. The van der Waals surface area contributed by atoms with Crippen LogP contribution in [0.3, 0.4) is 0 Å². The molecule has 2 N–H and O–H groups in total. The lowest BCUT2D eigenvalue weighted by atomic mass is 10.2. The van der Waals surface area contributed by atoms with Crippen molar-refractivity contribution < 1.29 is 8.78 Å². The summed E-state index contributed by atoms with van der Waals surface area (Å²) in [4.78, 5) is 0. The predicted octanol–water partition coefficient (Wildman–Crippen LogP) is 2.10. The third-order valence-electron chi connectivity index (χ3n) is 2.37. The van der Waals surface area contributed by atoms with Gasteiger partial charge < -0.3 is 5.73 Å². The Hall–Kier alpha value is -1.48. The van der Waals surface area contributed by atoms with Gasteiger partial charge in [-0.25, -0.2) is 13.5 Å². The number of nitrogens with two attached hydrogens (primary N) is 1. The van der Waals surface area contributed by atoms with Crippen LogP contribution in [-0.2, 0) is 0 Å². The van der Waals surface area contributed by atoms with E-state index < -0.39 is 19.6 Å². The minimum absolute atomic E-state index is 0.217. The van der Waals surface area contributed by atoms with Crippen molar-refractivity contribution in [2.75, 3.05) is 19.1 Å². The summed E-state index contributed by atoms with van der Waals surface area (Å²) >= 11 is 0. The molecule has 1 aromatic carbocycles. The van der Waals surface area contributed by atoms with Crippen molar-refractivity contribution in [3.63, 3.8) is 0 Å². The third-order valence-corrected chi connectivity index (χ3v) is 3.72. The van der Waals surface area contributed by atoms with Gasteiger partial charge in [0.15, 0.2) is 11.6 Å². The molecule has 3 nitrogen and oxygen atoms in total. The molecule has 1 aromatic heterocycles. The Morgan fingerprint density at radius 3 is 2.53 bits per heavy atom. The number of hydrogen-bond acceptors (Lipinski definition) is 2. The summed E-state index contributed by atoms with van der Waals surface area (Å²) in [6, 6.07) is 3.12. The summed E-state index contributed by atoms with van der Waals surface area (Å²) in [7, 11) is -0.672. The number of aromatic nitrogens is 2. The highest BCUT2D eigenvalue weighted by molar-refractivity contribution is 7.64. The van der Waals surface area contributed by atoms with Gasteiger partial charge in [-0.2, -0.15) is 5.10 Å². The summed E-state index contributed by atoms with van der Waals surface area (Å²) in [6.45, 7) is 3.83. The molecule has 0 amide bonds. The van der Waals surface area contributed by atoms with Crippen molar-refractivity contribution in [3.05, 3.63) is 36.2 Å². The largest absolute Gasteiger partial charge is 0.398 e. The highest BCUT2D eigenvalue weighted by atomic mass is 31.1. The van der Waals surface area contributed by atoms with Gasteiger partial charge >= 0.3 is 0 Å². The zero-order valence-corrected chi connectivity index (χ0v) is 10.4. The quantitative estimate of drug-likeness (QED) is 0.659. The second kappa shape index (κ2) is 4.41. The summed E-state index contributed by atoms with van der Waals surface area (Å²) in [5.74, 6) is -0.928. The van der Waals surface area contributed by atoms with Crippen LogP contribution in [0.15, 0.2) is 24.5 Å². The molecule has 0 aliphatic carbocycles. The first-order valence-corrected chi connectivity index (χ1v) is 7.20. The molecule has 6 heteroatoms. The molecular formula is C11H12F2N3P. The van der Waals surface area contributed by atoms with Crippen LogP contribution in [-0.4, -0.2) is 23.1 Å². The SMILES string of the molecule is CP(C)c1c(N)ccc(-n2cc(F)cn2)c1F. The summed E-state index contributed by atoms with van der Waals surface area (Å²) in [5.41, 5.74) is 6.39. The minimum atomic E-state index is -0.672. The van der Waals surface area contributed by atoms with Crippen LogP contribution in [0.2, 0.25) is 0 Å². The highest BCUT2D eigenvalue weighted by Crippen LogP contribution is 2.30. The standard InChI is InChI=1S/C11H12F2N3P/c1-17(2)11-8(14)3-4-9(10(11)13)16-6-7(12)5-15-16/h3-6H,14H2,1-2H3. The average molecular weight is 255 g/mol. The number of anilines is 1. The van der Waals surface area contributed by atoms with Gasteiger partial charge in [0.25, 0.3) is 0 Å². The first-order valence-electron chi connectivity index (χ1n) is 4.96. The van der Waals surface area contributed by atoms with Gasteiger partial charge in [0.2, 0.25) is 0 Å². The van der Waals surface area contributed by atoms with Gasteiger partial charge in [-0.1, -0.05) is 7.92 Å². The van der Waals surface area contributed by atoms with Gasteiger partial charge in [0.05, 0.1) is 12.4 Å². The molecule has 0 fully saturated rings. The predicted molar refractivity (Wildman–Crippen MR) is 66.3 cm³/mol. The zero-order valence-electron chi connectivity index (χ0n) is 9.48. The molecule has 0 aliphatic heterocycles. The Labute approximate surface area is 99.0 Å². The lowest BCUT2D eigenvalue weighted by Crippen LogP contribution is -2.15. The maximum absolute atomic E-state index is 14.2. The van der Waals surface area contributed by atoms with E-state index >= 15 is 0 Å². The third kappa shape index (κ3) is 2.15. The van der Waals surface area contributed by atoms with Crippen molar-refractivity contribution in [2.24, 2.45) is 0 Å². The molecule has 0 atom stereocenters. The Kier molecular flexibility index (Phi) is 3.11. The first-order chi connectivity index (χ1) is 8.00. The maximum Gasteiger partial charge on any atom is 0.161 e. The molecule has 1 heterocycles. The second-order valence-electron chi connectivity index (χ2n) is 3.83. The summed E-state index contributed by atoms with van der Waals surface area (Å²) in [5, 5.41) is 4.24. The molecule has 0 bridgehead atoms. The van der Waals surface area contributed by atoms with E-state index in [1.807, 2.05) is 13.3 Å². The topological polar surface area (TPSA) is 43.8 Å². The van der Waals surface area contributed by atoms with Crippen LogP contribution in [0.1, 0.15) is 0 Å². The van der Waals surface area contributed by atoms with Gasteiger partial charge in [0, 0.05) is 11.0 Å². The molecule has 0 saturated carbocycles. The Balaban J connectivity index is 2.60. The number of benzene rings is 1. The van der Waals surface area contributed by atoms with E-state index in [0.29, 0.717) is 11.0 Å². The van der Waals surface area contributed by atoms with E-state index in [9.17, 15) is 8.78 Å². The molecule has 17 heavy (non-hydrogen) atoms. The number of rotatable bonds is 2. The van der Waals surface area contributed by atoms with Crippen molar-refractivity contribution in [1.29, 1.82) is 0 Å². The average Bonchev–Trinajstić information content (AvgIpc) is 2.64. The van der Waals surface area contributed by atoms with Crippen molar-refractivity contribution in [2.45, 2.75) is 0 Å². The van der Waals surface area contributed by atoms with Gasteiger partial charge in [-0.15, -0.1) is 0 Å². The first kappa shape index (κ1) is 12.0. The summed E-state index contributed by atoms with van der Waals surface area (Å²) in [6.07, 6.45) is 2.17. The smallest absolute Gasteiger partial charge is 0.161 e. The highest BCUT2D eigenvalue weighted by Gasteiger charge is 2.16. The molecule has 0 spiro atoms. The fourth-order valence-electron chi connectivity index (χ4n) is 1.63. The Bertz CT molecular complexity index is 552. The van der Waals surface area contributed by atoms with E-state index in [4.69, 9.17) is 5.73 Å². The van der Waals surface area contributed by atoms with E-state index in [2.05, 4.69) is 5.10 Å². The van der Waals surface area contributed by atoms with Crippen LogP contribution in [0, 0.1) is 11.6 Å². The molecule has 90 valence electrons. The van der Waals surface area contributed by atoms with E-state index in [1.165, 1.54) is 10.7 Å². The molecule has 2 rings (SSSR count). The molecule has 2 aromatic rings. The molecule has 0 unspecified atom stereocenters. The van der Waals surface area contributed by atoms with E-state index in [-0.39, 0.29) is 5.69 Å². The van der Waals surface area contributed by atoms with Crippen LogP contribution < -0.4 is 11.0 Å². The molecule has 0 saturated heterocycles. The van der Waals surface area contributed by atoms with Crippen molar-refractivity contribution in [1.82, 2.24) is 9.78 Å². The molecule has 0 aliphatic rings. The van der Waals surface area contributed by atoms with Gasteiger partial charge in [-0.05, 0) is 25.5 Å². The molecule has 0 radical (unpaired) electrons. The minimum Gasteiger partial charge on any atom is -0.398 e. The number of nitrogen functional groups attached to an aromatic ring is 1. The number of nitrogens with zero attached hydrogens (tertiary/aromatic N) is 2. The van der Waals surface area contributed by atoms with Crippen LogP contribution in [0.25, 0.3) is 5.69 Å². The Morgan fingerprint density at radius 2 is 2.00 bits per heavy atom. The monoisotopic (exact) mass is 255 g/mol. The van der Waals surface area contributed by atoms with Crippen LogP contribution in [0.4, 0.5) is 14.5 Å². The van der Waals surface area contributed by atoms with Gasteiger partial charge in [-0.3, -0.25) is 0 Å². The van der Waals surface area contributed by atoms with Crippen LogP contribution in [0.5, 0.6) is 0 Å². The lowest BCUT2D eigenvalue weighted by molar-refractivity contribution is 0.614. The Morgan fingerprint density at radius 1 is 1.29 bits per heavy atom. The lowest BCUT2D eigenvalue weighted by Gasteiger charge is -2.14. The number of halogens is 2. The van der Waals surface area contributed by atoms with Crippen molar-refractivity contribution in [3.8, 4) is 5.69 Å². The zero-order chi connectivity index (χ0) is 12.6. The second-order valence-corrected chi connectivity index (χ2v) is 6.07. The van der Waals surface area contributed by atoms with Gasteiger partial charge in [0.1, 0.15) is 5.69 Å². The van der Waals surface area contributed by atoms with Crippen LogP contribution >= 0.6 is 7.92 Å². The van der Waals surface area contributed by atoms with Crippen molar-refractivity contribution >= 4 is 18.9 Å². The van der Waals surface area contributed by atoms with E-state index in [1.54, 1.807) is 6.07 Å².